The standard InChI is InChI=1S/C16H16N4O4/c1-2-3-7-19-14(22)15(23)20(16(19)24)10-11-9-13(21)18-8-5-4-6-12(18)17-11/h4-6,8-9H,2-3,7,10H2,1H3. The summed E-state index contributed by atoms with van der Waals surface area (Å²) < 4.78 is 1.36. The number of pyridine rings is 1. The van der Waals surface area contributed by atoms with Crippen molar-refractivity contribution in [1.82, 2.24) is 19.2 Å². The second-order valence-electron chi connectivity index (χ2n) is 5.50. The van der Waals surface area contributed by atoms with Gasteiger partial charge in [-0.2, -0.15) is 0 Å². The Kier molecular flexibility index (Phi) is 4.11. The van der Waals surface area contributed by atoms with E-state index in [4.69, 9.17) is 0 Å². The molecule has 0 N–H and O–H groups in total. The van der Waals surface area contributed by atoms with Crippen molar-refractivity contribution in [3.8, 4) is 0 Å². The zero-order valence-corrected chi connectivity index (χ0v) is 13.1. The maximum atomic E-state index is 12.3. The number of unbranched alkanes of at least 4 members (excludes halogenated alkanes) is 1. The van der Waals surface area contributed by atoms with Crippen LogP contribution in [0.2, 0.25) is 0 Å². The molecule has 2 aromatic heterocycles. The first-order chi connectivity index (χ1) is 11.5. The van der Waals surface area contributed by atoms with Gasteiger partial charge in [0.05, 0.1) is 12.2 Å². The van der Waals surface area contributed by atoms with Gasteiger partial charge in [0, 0.05) is 18.8 Å². The lowest BCUT2D eigenvalue weighted by Gasteiger charge is -2.15. The average Bonchev–Trinajstić information content (AvgIpc) is 2.77. The monoisotopic (exact) mass is 328 g/mol. The van der Waals surface area contributed by atoms with Crippen LogP contribution < -0.4 is 5.56 Å². The van der Waals surface area contributed by atoms with Crippen molar-refractivity contribution >= 4 is 23.5 Å². The Balaban J connectivity index is 1.88. The number of hydrogen-bond donors (Lipinski definition) is 0. The molecular formula is C16H16N4O4. The zero-order valence-electron chi connectivity index (χ0n) is 13.1. The Morgan fingerprint density at radius 2 is 1.79 bits per heavy atom. The Morgan fingerprint density at radius 1 is 1.04 bits per heavy atom. The highest BCUT2D eigenvalue weighted by molar-refractivity contribution is 6.44. The number of carbonyl (C=O) groups excluding carboxylic acids is 3. The summed E-state index contributed by atoms with van der Waals surface area (Å²) in [4.78, 5) is 54.4. The van der Waals surface area contributed by atoms with Gasteiger partial charge in [-0.25, -0.2) is 14.7 Å². The maximum Gasteiger partial charge on any atom is 0.334 e. The fourth-order valence-corrected chi connectivity index (χ4v) is 2.55. The van der Waals surface area contributed by atoms with E-state index in [1.807, 2.05) is 6.92 Å². The summed E-state index contributed by atoms with van der Waals surface area (Å²) in [5.41, 5.74) is 0.357. The van der Waals surface area contributed by atoms with Crippen LogP contribution in [-0.2, 0) is 16.1 Å². The lowest BCUT2D eigenvalue weighted by Crippen LogP contribution is -2.34. The van der Waals surface area contributed by atoms with E-state index in [1.54, 1.807) is 24.4 Å². The minimum absolute atomic E-state index is 0.202. The molecule has 2 aromatic rings. The van der Waals surface area contributed by atoms with Gasteiger partial charge < -0.3 is 0 Å². The van der Waals surface area contributed by atoms with Gasteiger partial charge in [-0.15, -0.1) is 0 Å². The third-order valence-corrected chi connectivity index (χ3v) is 3.81. The highest BCUT2D eigenvalue weighted by Gasteiger charge is 2.44. The third-order valence-electron chi connectivity index (χ3n) is 3.81. The first-order valence-corrected chi connectivity index (χ1v) is 7.67. The van der Waals surface area contributed by atoms with E-state index in [0.717, 1.165) is 16.2 Å². The molecule has 4 amide bonds. The molecule has 3 rings (SSSR count). The molecular weight excluding hydrogens is 312 g/mol. The lowest BCUT2D eigenvalue weighted by atomic mass is 10.3. The van der Waals surface area contributed by atoms with E-state index >= 15 is 0 Å². The number of imide groups is 2. The Bertz CT molecular complexity index is 889. The quantitative estimate of drug-likeness (QED) is 0.597. The fraction of sp³-hybridized carbons (Fsp3) is 0.312. The van der Waals surface area contributed by atoms with Crippen LogP contribution in [0.15, 0.2) is 35.3 Å². The molecule has 0 saturated carbocycles. The van der Waals surface area contributed by atoms with Crippen LogP contribution in [0.25, 0.3) is 5.65 Å². The summed E-state index contributed by atoms with van der Waals surface area (Å²) in [6.07, 6.45) is 3.01. The van der Waals surface area contributed by atoms with Gasteiger partial charge in [-0.1, -0.05) is 19.4 Å². The zero-order chi connectivity index (χ0) is 17.3. The normalized spacial score (nSPS) is 15.0. The molecule has 1 aliphatic rings. The first-order valence-electron chi connectivity index (χ1n) is 7.67. The molecule has 0 unspecified atom stereocenters. The van der Waals surface area contributed by atoms with Crippen molar-refractivity contribution in [2.75, 3.05) is 6.54 Å². The lowest BCUT2D eigenvalue weighted by molar-refractivity contribution is -0.143. The SMILES string of the molecule is CCCCN1C(=O)C(=O)N(Cc2cc(=O)n3ccccc3n2)C1=O. The van der Waals surface area contributed by atoms with E-state index in [2.05, 4.69) is 4.98 Å². The predicted molar refractivity (Wildman–Crippen MR) is 84.0 cm³/mol. The average molecular weight is 328 g/mol. The van der Waals surface area contributed by atoms with Crippen molar-refractivity contribution in [2.45, 2.75) is 26.3 Å². The highest BCUT2D eigenvalue weighted by atomic mass is 16.2. The van der Waals surface area contributed by atoms with Crippen LogP contribution in [0.5, 0.6) is 0 Å². The van der Waals surface area contributed by atoms with E-state index in [1.165, 1.54) is 10.5 Å². The van der Waals surface area contributed by atoms with E-state index in [-0.39, 0.29) is 24.3 Å². The molecule has 0 aliphatic carbocycles. The molecule has 124 valence electrons. The van der Waals surface area contributed by atoms with Crippen LogP contribution in [-0.4, -0.2) is 43.6 Å². The summed E-state index contributed by atoms with van der Waals surface area (Å²) >= 11 is 0. The minimum atomic E-state index is -0.883. The molecule has 0 spiro atoms. The van der Waals surface area contributed by atoms with Gasteiger partial charge in [0.2, 0.25) is 0 Å². The van der Waals surface area contributed by atoms with Crippen LogP contribution in [0, 0.1) is 0 Å². The Morgan fingerprint density at radius 3 is 2.54 bits per heavy atom. The minimum Gasteiger partial charge on any atom is -0.269 e. The first kappa shape index (κ1) is 15.9. The van der Waals surface area contributed by atoms with E-state index in [9.17, 15) is 19.2 Å². The van der Waals surface area contributed by atoms with Crippen LogP contribution in [0.4, 0.5) is 4.79 Å². The van der Waals surface area contributed by atoms with Crippen molar-refractivity contribution < 1.29 is 14.4 Å². The van der Waals surface area contributed by atoms with Gasteiger partial charge >= 0.3 is 17.8 Å². The molecule has 0 atom stereocenters. The topological polar surface area (TPSA) is 92.1 Å². The molecule has 8 nitrogen and oxygen atoms in total. The van der Waals surface area contributed by atoms with Gasteiger partial charge in [0.15, 0.2) is 0 Å². The molecule has 0 bridgehead atoms. The molecule has 1 saturated heterocycles. The summed E-state index contributed by atoms with van der Waals surface area (Å²) in [7, 11) is 0. The van der Waals surface area contributed by atoms with Crippen molar-refractivity contribution in [1.29, 1.82) is 0 Å². The largest absolute Gasteiger partial charge is 0.334 e. The van der Waals surface area contributed by atoms with Crippen LogP contribution in [0.1, 0.15) is 25.5 Å². The molecule has 3 heterocycles. The molecule has 1 fully saturated rings. The van der Waals surface area contributed by atoms with Gasteiger partial charge in [-0.05, 0) is 18.6 Å². The number of fused-ring (bicyclic) bond motifs is 1. The second-order valence-corrected chi connectivity index (χ2v) is 5.50. The van der Waals surface area contributed by atoms with Gasteiger partial charge in [-0.3, -0.25) is 23.7 Å². The van der Waals surface area contributed by atoms with Gasteiger partial charge in [0.1, 0.15) is 5.65 Å². The van der Waals surface area contributed by atoms with Gasteiger partial charge in [0.25, 0.3) is 5.56 Å². The molecule has 1 aliphatic heterocycles. The summed E-state index contributed by atoms with van der Waals surface area (Å²) in [5.74, 6) is -1.71. The maximum absolute atomic E-state index is 12.3. The third kappa shape index (κ3) is 2.66. The molecule has 0 radical (unpaired) electrons. The molecule has 24 heavy (non-hydrogen) atoms. The summed E-state index contributed by atoms with van der Waals surface area (Å²) in [5, 5.41) is 0. The smallest absolute Gasteiger partial charge is 0.269 e. The van der Waals surface area contributed by atoms with E-state index in [0.29, 0.717) is 12.1 Å². The van der Waals surface area contributed by atoms with Crippen molar-refractivity contribution in [2.24, 2.45) is 0 Å². The Hall–Kier alpha value is -3.03. The summed E-state index contributed by atoms with van der Waals surface area (Å²) in [6, 6.07) is 5.68. The number of aromatic nitrogens is 2. The number of urea groups is 1. The summed E-state index contributed by atoms with van der Waals surface area (Å²) in [6.45, 7) is 1.94. The molecule has 8 heteroatoms. The number of hydrogen-bond acceptors (Lipinski definition) is 5. The fourth-order valence-electron chi connectivity index (χ4n) is 2.55. The number of carbonyl (C=O) groups is 3. The predicted octanol–water partition coefficient (Wildman–Crippen LogP) is 0.785. The number of nitrogens with zero attached hydrogens (tertiary/aromatic N) is 4. The number of amides is 4. The highest BCUT2D eigenvalue weighted by Crippen LogP contribution is 2.15. The Labute approximate surface area is 137 Å². The van der Waals surface area contributed by atoms with E-state index < -0.39 is 17.8 Å². The second kappa shape index (κ2) is 6.23. The van der Waals surface area contributed by atoms with Crippen LogP contribution in [0.3, 0.4) is 0 Å². The van der Waals surface area contributed by atoms with Crippen LogP contribution >= 0.6 is 0 Å². The number of rotatable bonds is 5. The van der Waals surface area contributed by atoms with Crippen molar-refractivity contribution in [3.63, 3.8) is 0 Å². The van der Waals surface area contributed by atoms with Crippen molar-refractivity contribution in [3.05, 3.63) is 46.5 Å². The molecule has 0 aromatic carbocycles.